The van der Waals surface area contributed by atoms with Crippen LogP contribution in [-0.2, 0) is 0 Å². The van der Waals surface area contributed by atoms with Crippen molar-refractivity contribution in [2.45, 2.75) is 25.4 Å². The Hall–Kier alpha value is -3.02. The molecule has 3 aromatic rings. The molecule has 25 heavy (non-hydrogen) atoms. The second kappa shape index (κ2) is 6.12. The first-order valence-electron chi connectivity index (χ1n) is 8.33. The molecule has 2 aromatic carbocycles. The van der Waals surface area contributed by atoms with E-state index in [0.29, 0.717) is 5.95 Å². The monoisotopic (exact) mass is 335 g/mol. The van der Waals surface area contributed by atoms with Crippen LogP contribution in [0.3, 0.4) is 0 Å². The SMILES string of the molecule is COc1ccccc1[C@@H]1C[C@@H](c2ccc(C)cc2)Nc2nc(N)nn21. The van der Waals surface area contributed by atoms with E-state index in [9.17, 15) is 0 Å². The van der Waals surface area contributed by atoms with Crippen molar-refractivity contribution in [3.63, 3.8) is 0 Å². The number of aryl methyl sites for hydroxylation is 1. The van der Waals surface area contributed by atoms with Crippen molar-refractivity contribution in [2.75, 3.05) is 18.2 Å². The smallest absolute Gasteiger partial charge is 0.241 e. The Morgan fingerprint density at radius 1 is 1.16 bits per heavy atom. The molecular weight excluding hydrogens is 314 g/mol. The van der Waals surface area contributed by atoms with Crippen molar-refractivity contribution >= 4 is 11.9 Å². The molecule has 0 spiro atoms. The summed E-state index contributed by atoms with van der Waals surface area (Å²) in [5, 5.41) is 7.85. The molecule has 128 valence electrons. The van der Waals surface area contributed by atoms with Crippen LogP contribution in [0.5, 0.6) is 5.75 Å². The van der Waals surface area contributed by atoms with Gasteiger partial charge in [0.2, 0.25) is 11.9 Å². The molecule has 0 amide bonds. The summed E-state index contributed by atoms with van der Waals surface area (Å²) in [6, 6.07) is 16.7. The zero-order valence-electron chi connectivity index (χ0n) is 14.3. The minimum Gasteiger partial charge on any atom is -0.496 e. The van der Waals surface area contributed by atoms with Crippen LogP contribution in [0.25, 0.3) is 0 Å². The highest BCUT2D eigenvalue weighted by Crippen LogP contribution is 2.40. The minimum atomic E-state index is 0.00324. The van der Waals surface area contributed by atoms with Gasteiger partial charge in [-0.15, -0.1) is 5.10 Å². The molecule has 1 aliphatic rings. The van der Waals surface area contributed by atoms with Crippen molar-refractivity contribution in [3.8, 4) is 5.75 Å². The molecule has 0 saturated carbocycles. The number of ether oxygens (including phenoxy) is 1. The normalized spacial score (nSPS) is 19.1. The zero-order valence-corrected chi connectivity index (χ0v) is 14.3. The van der Waals surface area contributed by atoms with Gasteiger partial charge in [-0.3, -0.25) is 0 Å². The Morgan fingerprint density at radius 2 is 1.92 bits per heavy atom. The number of para-hydroxylation sites is 1. The third-order valence-corrected chi connectivity index (χ3v) is 4.68. The second-order valence-electron chi connectivity index (χ2n) is 6.34. The Morgan fingerprint density at radius 3 is 2.68 bits per heavy atom. The van der Waals surface area contributed by atoms with E-state index in [-0.39, 0.29) is 18.0 Å². The number of hydrogen-bond donors (Lipinski definition) is 2. The second-order valence-corrected chi connectivity index (χ2v) is 6.34. The summed E-state index contributed by atoms with van der Waals surface area (Å²) in [5.41, 5.74) is 9.40. The topological polar surface area (TPSA) is 78.0 Å². The maximum absolute atomic E-state index is 5.86. The average Bonchev–Trinajstić information content (AvgIpc) is 3.01. The number of aromatic nitrogens is 3. The van der Waals surface area contributed by atoms with Crippen LogP contribution in [0.15, 0.2) is 48.5 Å². The molecule has 6 nitrogen and oxygen atoms in total. The molecule has 0 unspecified atom stereocenters. The third kappa shape index (κ3) is 2.80. The highest BCUT2D eigenvalue weighted by molar-refractivity contribution is 5.45. The molecule has 3 N–H and O–H groups in total. The van der Waals surface area contributed by atoms with Gasteiger partial charge in [0.1, 0.15) is 5.75 Å². The van der Waals surface area contributed by atoms with Crippen LogP contribution in [-0.4, -0.2) is 21.9 Å². The lowest BCUT2D eigenvalue weighted by molar-refractivity contribution is 0.380. The molecule has 0 bridgehead atoms. The first kappa shape index (κ1) is 15.5. The van der Waals surface area contributed by atoms with Gasteiger partial charge in [0.05, 0.1) is 19.2 Å². The fraction of sp³-hybridized carbons (Fsp3) is 0.263. The van der Waals surface area contributed by atoms with E-state index < -0.39 is 0 Å². The standard InChI is InChI=1S/C19H21N5O/c1-12-7-9-13(10-8-12)15-11-16(14-5-3-4-6-17(14)25-2)24-19(21-15)22-18(20)23-24/h3-10,15-16H,11H2,1-2H3,(H3,20,21,22,23)/t15-,16-/m0/s1. The first-order chi connectivity index (χ1) is 12.2. The summed E-state index contributed by atoms with van der Waals surface area (Å²) in [7, 11) is 1.69. The lowest BCUT2D eigenvalue weighted by Gasteiger charge is -2.32. The lowest BCUT2D eigenvalue weighted by Crippen LogP contribution is -2.28. The average molecular weight is 335 g/mol. The van der Waals surface area contributed by atoms with E-state index in [1.165, 1.54) is 11.1 Å². The van der Waals surface area contributed by atoms with Gasteiger partial charge in [-0.05, 0) is 25.0 Å². The predicted octanol–water partition coefficient (Wildman–Crippen LogP) is 3.32. The molecule has 1 aromatic heterocycles. The number of anilines is 2. The number of methoxy groups -OCH3 is 1. The third-order valence-electron chi connectivity index (χ3n) is 4.68. The summed E-state index contributed by atoms with van der Waals surface area (Å²) < 4.78 is 7.42. The first-order valence-corrected chi connectivity index (χ1v) is 8.33. The number of nitrogens with one attached hydrogen (secondary N) is 1. The molecule has 0 saturated heterocycles. The summed E-state index contributed by atoms with van der Waals surface area (Å²) >= 11 is 0. The van der Waals surface area contributed by atoms with Gasteiger partial charge >= 0.3 is 0 Å². The van der Waals surface area contributed by atoms with Crippen LogP contribution in [0.4, 0.5) is 11.9 Å². The van der Waals surface area contributed by atoms with Gasteiger partial charge in [-0.2, -0.15) is 4.98 Å². The van der Waals surface area contributed by atoms with Gasteiger partial charge in [0, 0.05) is 5.56 Å². The van der Waals surface area contributed by atoms with Gasteiger partial charge in [0.25, 0.3) is 0 Å². The van der Waals surface area contributed by atoms with Crippen LogP contribution in [0, 0.1) is 6.92 Å². The van der Waals surface area contributed by atoms with Crippen LogP contribution in [0.2, 0.25) is 0 Å². The number of rotatable bonds is 3. The largest absolute Gasteiger partial charge is 0.496 e. The molecule has 1 aliphatic heterocycles. The molecule has 4 rings (SSSR count). The minimum absolute atomic E-state index is 0.00324. The van der Waals surface area contributed by atoms with Crippen molar-refractivity contribution < 1.29 is 4.74 Å². The Balaban J connectivity index is 1.78. The predicted molar refractivity (Wildman–Crippen MR) is 97.7 cm³/mol. The van der Waals surface area contributed by atoms with Gasteiger partial charge in [0.15, 0.2) is 0 Å². The number of nitrogens with zero attached hydrogens (tertiary/aromatic N) is 3. The molecule has 0 radical (unpaired) electrons. The fourth-order valence-corrected chi connectivity index (χ4v) is 3.41. The molecular formula is C19H21N5O. The van der Waals surface area contributed by atoms with Gasteiger partial charge in [-0.25, -0.2) is 4.68 Å². The van der Waals surface area contributed by atoms with Crippen molar-refractivity contribution in [1.29, 1.82) is 0 Å². The quantitative estimate of drug-likeness (QED) is 0.768. The van der Waals surface area contributed by atoms with Crippen LogP contribution < -0.4 is 15.8 Å². The molecule has 0 fully saturated rings. The van der Waals surface area contributed by atoms with E-state index in [4.69, 9.17) is 10.5 Å². The van der Waals surface area contributed by atoms with Crippen molar-refractivity contribution in [3.05, 3.63) is 65.2 Å². The Kier molecular flexibility index (Phi) is 3.80. The fourth-order valence-electron chi connectivity index (χ4n) is 3.41. The highest BCUT2D eigenvalue weighted by atomic mass is 16.5. The highest BCUT2D eigenvalue weighted by Gasteiger charge is 2.32. The summed E-state index contributed by atoms with van der Waals surface area (Å²) in [6.45, 7) is 2.09. The zero-order chi connectivity index (χ0) is 17.4. The van der Waals surface area contributed by atoms with Crippen LogP contribution >= 0.6 is 0 Å². The molecule has 6 heteroatoms. The Bertz CT molecular complexity index is 887. The van der Waals surface area contributed by atoms with Crippen molar-refractivity contribution in [1.82, 2.24) is 14.8 Å². The van der Waals surface area contributed by atoms with E-state index in [1.54, 1.807) is 7.11 Å². The maximum Gasteiger partial charge on any atom is 0.241 e. The maximum atomic E-state index is 5.86. The number of benzene rings is 2. The number of nitrogens with two attached hydrogens (primary N) is 1. The number of nitrogen functional groups attached to an aromatic ring is 1. The van der Waals surface area contributed by atoms with E-state index in [0.717, 1.165) is 17.7 Å². The summed E-state index contributed by atoms with van der Waals surface area (Å²) in [5.74, 6) is 1.80. The van der Waals surface area contributed by atoms with Crippen LogP contribution in [0.1, 0.15) is 35.2 Å². The van der Waals surface area contributed by atoms with Crippen molar-refractivity contribution in [2.24, 2.45) is 0 Å². The molecule has 2 heterocycles. The number of hydrogen-bond acceptors (Lipinski definition) is 5. The molecule has 2 atom stereocenters. The lowest BCUT2D eigenvalue weighted by atomic mass is 9.92. The van der Waals surface area contributed by atoms with E-state index >= 15 is 0 Å². The van der Waals surface area contributed by atoms with Gasteiger partial charge < -0.3 is 15.8 Å². The van der Waals surface area contributed by atoms with E-state index in [1.807, 2.05) is 22.9 Å². The molecule has 0 aliphatic carbocycles. The number of fused-ring (bicyclic) bond motifs is 1. The summed E-state index contributed by atoms with van der Waals surface area (Å²) in [6.07, 6.45) is 0.833. The van der Waals surface area contributed by atoms with E-state index in [2.05, 4.69) is 52.7 Å². The van der Waals surface area contributed by atoms with Gasteiger partial charge in [-0.1, -0.05) is 48.0 Å². The Labute approximate surface area is 146 Å². The summed E-state index contributed by atoms with van der Waals surface area (Å²) in [4.78, 5) is 4.35.